The third kappa shape index (κ3) is 3.43. The maximum Gasteiger partial charge on any atom is 0.276 e. The van der Waals surface area contributed by atoms with Crippen molar-refractivity contribution in [3.8, 4) is 5.75 Å². The highest BCUT2D eigenvalue weighted by atomic mass is 16.6. The highest BCUT2D eigenvalue weighted by Crippen LogP contribution is 2.25. The fourth-order valence-corrected chi connectivity index (χ4v) is 1.55. The molecule has 5 nitrogen and oxygen atoms in total. The number of aryl methyl sites for hydroxylation is 1. The minimum absolute atomic E-state index is 0.0315. The molecule has 0 aliphatic rings. The summed E-state index contributed by atoms with van der Waals surface area (Å²) >= 11 is 0. The van der Waals surface area contributed by atoms with Gasteiger partial charge in [-0.15, -0.1) is 0 Å². The fourth-order valence-electron chi connectivity index (χ4n) is 1.55. The molecule has 0 bridgehead atoms. The summed E-state index contributed by atoms with van der Waals surface area (Å²) in [5.74, 6) is 0.410. The zero-order chi connectivity index (χ0) is 13.8. The number of aliphatic hydroxyl groups is 1. The molecular weight excluding hydrogens is 234 g/mol. The lowest BCUT2D eigenvalue weighted by atomic mass is 9.99. The second-order valence-electron chi connectivity index (χ2n) is 4.43. The van der Waals surface area contributed by atoms with Crippen LogP contribution in [0.5, 0.6) is 5.75 Å². The molecule has 1 rings (SSSR count). The van der Waals surface area contributed by atoms with Gasteiger partial charge in [0.1, 0.15) is 12.4 Å². The van der Waals surface area contributed by atoms with Gasteiger partial charge in [-0.3, -0.25) is 10.1 Å². The van der Waals surface area contributed by atoms with Crippen molar-refractivity contribution < 1.29 is 14.8 Å². The predicted octanol–water partition coefficient (Wildman–Crippen LogP) is 2.83. The molecule has 0 unspecified atom stereocenters. The highest BCUT2D eigenvalue weighted by Gasteiger charge is 2.23. The van der Waals surface area contributed by atoms with Crippen LogP contribution in [0.1, 0.15) is 32.3 Å². The van der Waals surface area contributed by atoms with E-state index in [9.17, 15) is 15.2 Å². The Balaban J connectivity index is 2.80. The molecule has 0 saturated carbocycles. The van der Waals surface area contributed by atoms with Gasteiger partial charge in [0, 0.05) is 5.56 Å². The van der Waals surface area contributed by atoms with Gasteiger partial charge in [0.25, 0.3) is 5.69 Å². The van der Waals surface area contributed by atoms with Crippen LogP contribution < -0.4 is 4.74 Å². The molecule has 100 valence electrons. The number of hydrogen-bond acceptors (Lipinski definition) is 4. The van der Waals surface area contributed by atoms with Crippen molar-refractivity contribution in [2.45, 2.75) is 39.2 Å². The Hall–Kier alpha value is -1.62. The van der Waals surface area contributed by atoms with E-state index in [0.29, 0.717) is 24.2 Å². The summed E-state index contributed by atoms with van der Waals surface area (Å²) in [6, 6.07) is 4.71. The molecule has 1 N–H and O–H groups in total. The number of hydrogen-bond donors (Lipinski definition) is 1. The number of benzene rings is 1. The van der Waals surface area contributed by atoms with Gasteiger partial charge in [-0.2, -0.15) is 0 Å². The molecule has 1 aromatic rings. The van der Waals surface area contributed by atoms with Crippen molar-refractivity contribution in [2.75, 3.05) is 6.61 Å². The molecule has 0 atom stereocenters. The lowest BCUT2D eigenvalue weighted by Gasteiger charge is -2.25. The second kappa shape index (κ2) is 5.82. The number of ether oxygens (including phenoxy) is 1. The van der Waals surface area contributed by atoms with E-state index in [4.69, 9.17) is 4.74 Å². The van der Waals surface area contributed by atoms with E-state index in [1.807, 2.05) is 13.8 Å². The summed E-state index contributed by atoms with van der Waals surface area (Å²) in [7, 11) is 0. The zero-order valence-electron chi connectivity index (χ0n) is 11.0. The zero-order valence-corrected chi connectivity index (χ0v) is 11.0. The first-order valence-electron chi connectivity index (χ1n) is 6.02. The van der Waals surface area contributed by atoms with Gasteiger partial charge in [0.05, 0.1) is 16.6 Å². The lowest BCUT2D eigenvalue weighted by Crippen LogP contribution is -2.34. The summed E-state index contributed by atoms with van der Waals surface area (Å²) in [5, 5.41) is 20.9. The van der Waals surface area contributed by atoms with E-state index in [0.717, 1.165) is 0 Å². The van der Waals surface area contributed by atoms with Crippen molar-refractivity contribution >= 4 is 5.69 Å². The third-order valence-electron chi connectivity index (χ3n) is 3.20. The Morgan fingerprint density at radius 1 is 1.39 bits per heavy atom. The highest BCUT2D eigenvalue weighted by molar-refractivity contribution is 5.45. The average Bonchev–Trinajstić information content (AvgIpc) is 2.37. The molecule has 0 saturated heterocycles. The molecule has 5 heteroatoms. The van der Waals surface area contributed by atoms with Gasteiger partial charge in [-0.05, 0) is 31.9 Å². The summed E-state index contributed by atoms with van der Waals surface area (Å²) < 4.78 is 5.44. The van der Waals surface area contributed by atoms with Crippen molar-refractivity contribution in [1.29, 1.82) is 0 Å². The van der Waals surface area contributed by atoms with Gasteiger partial charge >= 0.3 is 0 Å². The normalized spacial score (nSPS) is 11.3. The van der Waals surface area contributed by atoms with Crippen LogP contribution in [0.2, 0.25) is 0 Å². The quantitative estimate of drug-likeness (QED) is 0.625. The number of nitrogens with zero attached hydrogens (tertiary/aromatic N) is 1. The smallest absolute Gasteiger partial charge is 0.276 e. The Labute approximate surface area is 107 Å². The van der Waals surface area contributed by atoms with Crippen LogP contribution in [0.3, 0.4) is 0 Å². The Morgan fingerprint density at radius 2 is 2.00 bits per heavy atom. The van der Waals surface area contributed by atoms with Crippen LogP contribution in [0.4, 0.5) is 5.69 Å². The average molecular weight is 253 g/mol. The number of rotatable bonds is 6. The van der Waals surface area contributed by atoms with Gasteiger partial charge in [0.2, 0.25) is 0 Å². The maximum atomic E-state index is 10.8. The van der Waals surface area contributed by atoms with E-state index in [-0.39, 0.29) is 12.3 Å². The molecule has 0 heterocycles. The Bertz CT molecular complexity index is 427. The first-order chi connectivity index (χ1) is 8.41. The van der Waals surface area contributed by atoms with E-state index < -0.39 is 10.5 Å². The van der Waals surface area contributed by atoms with Crippen molar-refractivity contribution in [3.05, 3.63) is 33.9 Å². The van der Waals surface area contributed by atoms with Gasteiger partial charge in [0.15, 0.2) is 0 Å². The summed E-state index contributed by atoms with van der Waals surface area (Å²) in [5.41, 5.74) is -0.253. The Morgan fingerprint density at radius 3 is 2.50 bits per heavy atom. The number of nitro benzene ring substituents is 1. The third-order valence-corrected chi connectivity index (χ3v) is 3.20. The first-order valence-corrected chi connectivity index (χ1v) is 6.02. The minimum atomic E-state index is -0.875. The van der Waals surface area contributed by atoms with Gasteiger partial charge in [-0.25, -0.2) is 0 Å². The fraction of sp³-hybridized carbons (Fsp3) is 0.538. The SMILES string of the molecule is CCC(O)(CC)COc1ccc(C)c([N+](=O)[O-])c1. The van der Waals surface area contributed by atoms with Crippen LogP contribution in [-0.4, -0.2) is 22.2 Å². The molecule has 0 spiro atoms. The summed E-state index contributed by atoms with van der Waals surface area (Å²) in [6.45, 7) is 5.57. The van der Waals surface area contributed by atoms with E-state index >= 15 is 0 Å². The van der Waals surface area contributed by atoms with E-state index in [1.165, 1.54) is 6.07 Å². The molecule has 1 aromatic carbocycles. The summed E-state index contributed by atoms with van der Waals surface area (Å²) in [4.78, 5) is 10.4. The topological polar surface area (TPSA) is 72.6 Å². The minimum Gasteiger partial charge on any atom is -0.490 e. The van der Waals surface area contributed by atoms with E-state index in [1.54, 1.807) is 19.1 Å². The van der Waals surface area contributed by atoms with E-state index in [2.05, 4.69) is 0 Å². The van der Waals surface area contributed by atoms with Crippen molar-refractivity contribution in [1.82, 2.24) is 0 Å². The van der Waals surface area contributed by atoms with Crippen molar-refractivity contribution in [3.63, 3.8) is 0 Å². The Kier molecular flexibility index (Phi) is 4.67. The molecule has 0 aliphatic carbocycles. The largest absolute Gasteiger partial charge is 0.490 e. The van der Waals surface area contributed by atoms with Crippen LogP contribution in [-0.2, 0) is 0 Å². The molecular formula is C13H19NO4. The first kappa shape index (κ1) is 14.4. The van der Waals surface area contributed by atoms with Crippen LogP contribution in [0.15, 0.2) is 18.2 Å². The molecule has 0 amide bonds. The lowest BCUT2D eigenvalue weighted by molar-refractivity contribution is -0.385. The molecule has 0 aromatic heterocycles. The van der Waals surface area contributed by atoms with Crippen LogP contribution in [0.25, 0.3) is 0 Å². The molecule has 0 aliphatic heterocycles. The predicted molar refractivity (Wildman–Crippen MR) is 68.9 cm³/mol. The monoisotopic (exact) mass is 253 g/mol. The van der Waals surface area contributed by atoms with Gasteiger partial charge in [-0.1, -0.05) is 13.8 Å². The van der Waals surface area contributed by atoms with Gasteiger partial charge < -0.3 is 9.84 Å². The van der Waals surface area contributed by atoms with Crippen LogP contribution >= 0.6 is 0 Å². The maximum absolute atomic E-state index is 10.8. The molecule has 18 heavy (non-hydrogen) atoms. The number of nitro groups is 1. The second-order valence-corrected chi connectivity index (χ2v) is 4.43. The van der Waals surface area contributed by atoms with Crippen molar-refractivity contribution in [2.24, 2.45) is 0 Å². The standard InChI is InChI=1S/C13H19NO4/c1-4-13(15,5-2)9-18-11-7-6-10(3)12(8-11)14(16)17/h6-8,15H,4-5,9H2,1-3H3. The van der Waals surface area contributed by atoms with Crippen LogP contribution in [0, 0.1) is 17.0 Å². The molecule has 0 radical (unpaired) electrons. The molecule has 0 fully saturated rings. The summed E-state index contributed by atoms with van der Waals surface area (Å²) in [6.07, 6.45) is 1.16.